The molecule has 3 atom stereocenters. The number of rotatable bonds is 7. The Kier molecular flexibility index (Phi) is 10.1. The minimum Gasteiger partial charge on any atom is -0.484 e. The van der Waals surface area contributed by atoms with E-state index in [0.717, 1.165) is 38.3 Å². The zero-order valence-electron chi connectivity index (χ0n) is 25.1. The summed E-state index contributed by atoms with van der Waals surface area (Å²) in [7, 11) is 0. The van der Waals surface area contributed by atoms with E-state index in [1.165, 1.54) is 57.1 Å². The van der Waals surface area contributed by atoms with Gasteiger partial charge in [-0.1, -0.05) is 69.9 Å². The zero-order chi connectivity index (χ0) is 29.8. The number of hydrogen-bond acceptors (Lipinski definition) is 5. The molecule has 7 nitrogen and oxygen atoms in total. The molecular weight excluding hydrogens is 557 g/mol. The highest BCUT2D eigenvalue weighted by Gasteiger charge is 2.57. The third-order valence-electron chi connectivity index (χ3n) is 11.1. The normalized spacial score (nSPS) is 33.1. The molecule has 1 heterocycles. The average molecular weight is 606 g/mol. The molecule has 2 bridgehead atoms. The molecule has 4 aliphatic carbocycles. The average Bonchev–Trinajstić information content (AvgIpc) is 2.98. The lowest BCUT2D eigenvalue weighted by molar-refractivity contribution is -0.141. The van der Waals surface area contributed by atoms with E-state index in [1.54, 1.807) is 0 Å². The summed E-state index contributed by atoms with van der Waals surface area (Å²) in [5.41, 5.74) is -1.22. The van der Waals surface area contributed by atoms with E-state index in [1.807, 2.05) is 0 Å². The van der Waals surface area contributed by atoms with E-state index < -0.39 is 23.0 Å². The van der Waals surface area contributed by atoms with E-state index in [0.29, 0.717) is 38.0 Å². The summed E-state index contributed by atoms with van der Waals surface area (Å²) in [5.74, 6) is -0.114. The van der Waals surface area contributed by atoms with Gasteiger partial charge in [0.05, 0.1) is 22.7 Å². The molecule has 6 rings (SSSR count). The quantitative estimate of drug-likeness (QED) is 0.315. The number of piperidine rings is 1. The molecule has 234 valence electrons. The number of hydrogen-bond donors (Lipinski definition) is 4. The van der Waals surface area contributed by atoms with E-state index in [2.05, 4.69) is 22.9 Å². The summed E-state index contributed by atoms with van der Waals surface area (Å²) in [6.45, 7) is 2.87. The first-order valence-electron chi connectivity index (χ1n) is 16.3. The lowest BCUT2D eigenvalue weighted by atomic mass is 9.58. The van der Waals surface area contributed by atoms with Gasteiger partial charge in [0, 0.05) is 11.6 Å². The van der Waals surface area contributed by atoms with E-state index in [-0.39, 0.29) is 40.7 Å². The van der Waals surface area contributed by atoms with Gasteiger partial charge in [0.25, 0.3) is 5.91 Å². The van der Waals surface area contributed by atoms with Crippen molar-refractivity contribution < 1.29 is 23.8 Å². The van der Waals surface area contributed by atoms with Gasteiger partial charge < -0.3 is 25.8 Å². The predicted molar refractivity (Wildman–Crippen MR) is 162 cm³/mol. The molecule has 1 spiro atoms. The van der Waals surface area contributed by atoms with E-state index in [4.69, 9.17) is 16.3 Å². The smallest absolute Gasteiger partial charge is 0.258 e. The fraction of sp³-hybridized carbons (Fsp3) is 0.758. The van der Waals surface area contributed by atoms with Crippen LogP contribution in [0.1, 0.15) is 110 Å². The Morgan fingerprint density at radius 1 is 1.02 bits per heavy atom. The van der Waals surface area contributed by atoms with Crippen molar-refractivity contribution in [2.75, 3.05) is 13.2 Å². The van der Waals surface area contributed by atoms with Crippen molar-refractivity contribution in [3.8, 4) is 5.75 Å². The molecule has 0 aromatic heterocycles. The van der Waals surface area contributed by atoms with Crippen LogP contribution in [-0.2, 0) is 9.59 Å². The highest BCUT2D eigenvalue weighted by atomic mass is 35.5. The Bertz CT molecular complexity index is 1100. The van der Waals surface area contributed by atoms with Gasteiger partial charge >= 0.3 is 0 Å². The molecule has 4 N–H and O–H groups in total. The van der Waals surface area contributed by atoms with Crippen LogP contribution in [-0.4, -0.2) is 53.3 Å². The van der Waals surface area contributed by atoms with Crippen molar-refractivity contribution in [3.63, 3.8) is 0 Å². The number of carbonyl (C=O) groups excluding carboxylic acids is 2. The van der Waals surface area contributed by atoms with Gasteiger partial charge in [-0.05, 0) is 81.4 Å². The topological polar surface area (TPSA) is 99.7 Å². The van der Waals surface area contributed by atoms with Crippen LogP contribution < -0.4 is 20.7 Å². The number of aliphatic hydroxyl groups excluding tert-OH is 1. The predicted octanol–water partition coefficient (Wildman–Crippen LogP) is 5.81. The number of nitrogens with one attached hydrogen (secondary N) is 3. The fourth-order valence-electron chi connectivity index (χ4n) is 8.73. The Labute approximate surface area is 255 Å². The monoisotopic (exact) mass is 605 g/mol. The van der Waals surface area contributed by atoms with Gasteiger partial charge in [-0.25, -0.2) is 4.39 Å². The summed E-state index contributed by atoms with van der Waals surface area (Å²) < 4.78 is 19.2. The highest BCUT2D eigenvalue weighted by molar-refractivity contribution is 6.30. The van der Waals surface area contributed by atoms with Crippen LogP contribution >= 0.6 is 11.6 Å². The maximum atomic E-state index is 14.2. The van der Waals surface area contributed by atoms with Crippen molar-refractivity contribution in [3.05, 3.63) is 29.0 Å². The van der Waals surface area contributed by atoms with Crippen molar-refractivity contribution >= 4 is 23.4 Å². The first-order valence-corrected chi connectivity index (χ1v) is 16.7. The lowest BCUT2D eigenvalue weighted by Gasteiger charge is -2.57. The van der Waals surface area contributed by atoms with Gasteiger partial charge in [-0.2, -0.15) is 0 Å². The Hall–Kier alpha value is -1.90. The van der Waals surface area contributed by atoms with Crippen LogP contribution in [0, 0.1) is 17.2 Å². The van der Waals surface area contributed by atoms with E-state index in [9.17, 15) is 19.1 Å². The number of aliphatic hydroxyl groups is 1. The molecule has 9 heteroatoms. The minimum absolute atomic E-state index is 0.0102. The SMILES string of the molecule is CCC1CCNC(C(=O)NC23CCC(NC(=O)COc4ccc(Cl)c(F)c4)(CC2)C(O)C3)C12CCCCCCCCC2. The Morgan fingerprint density at radius 3 is 2.31 bits per heavy atom. The maximum absolute atomic E-state index is 14.2. The number of benzene rings is 1. The number of ether oxygens (including phenoxy) is 1. The second-order valence-electron chi connectivity index (χ2n) is 13.5. The minimum atomic E-state index is -0.775. The maximum Gasteiger partial charge on any atom is 0.258 e. The van der Waals surface area contributed by atoms with Crippen LogP contribution in [0.2, 0.25) is 5.02 Å². The molecule has 1 aromatic carbocycles. The second-order valence-corrected chi connectivity index (χ2v) is 14.0. The second kappa shape index (κ2) is 13.4. The third-order valence-corrected chi connectivity index (χ3v) is 11.4. The van der Waals surface area contributed by atoms with Gasteiger partial charge in [-0.3, -0.25) is 9.59 Å². The van der Waals surface area contributed by atoms with Gasteiger partial charge in [-0.15, -0.1) is 0 Å². The fourth-order valence-corrected chi connectivity index (χ4v) is 8.85. The molecule has 3 unspecified atom stereocenters. The van der Waals surface area contributed by atoms with Crippen molar-refractivity contribution in [2.24, 2.45) is 11.3 Å². The van der Waals surface area contributed by atoms with Crippen LogP contribution in [0.5, 0.6) is 5.75 Å². The van der Waals surface area contributed by atoms with Crippen LogP contribution in [0.3, 0.4) is 0 Å². The molecule has 0 radical (unpaired) electrons. The summed E-state index contributed by atoms with van der Waals surface area (Å²) >= 11 is 5.72. The number of carbonyl (C=O) groups is 2. The molecule has 4 saturated carbocycles. The number of halogens is 2. The molecule has 2 amide bonds. The summed E-state index contributed by atoms with van der Waals surface area (Å²) in [4.78, 5) is 27.0. The van der Waals surface area contributed by atoms with Crippen LogP contribution in [0.15, 0.2) is 18.2 Å². The largest absolute Gasteiger partial charge is 0.484 e. The van der Waals surface area contributed by atoms with Crippen molar-refractivity contribution in [1.29, 1.82) is 0 Å². The first-order chi connectivity index (χ1) is 20.2. The third kappa shape index (κ3) is 6.61. The standard InChI is InChI=1S/C33H49ClFN3O4/c1-2-23-12-19-36-29(32(23)13-8-6-4-3-5-7-9-14-32)30(41)38-31-15-17-33(18-16-31,27(39)21-31)37-28(40)22-42-24-10-11-25(34)26(35)20-24/h10-11,20,23,27,29,36,39H,2-9,12-19,21-22H2,1H3,(H,37,40)(H,38,41). The molecular formula is C33H49ClFN3O4. The number of amides is 2. The number of fused-ring (bicyclic) bond motifs is 3. The molecule has 1 saturated heterocycles. The summed E-state index contributed by atoms with van der Waals surface area (Å²) in [5, 5.41) is 21.5. The Balaban J connectivity index is 1.22. The van der Waals surface area contributed by atoms with Gasteiger partial charge in [0.1, 0.15) is 11.6 Å². The van der Waals surface area contributed by atoms with Crippen molar-refractivity contribution in [1.82, 2.24) is 16.0 Å². The summed E-state index contributed by atoms with van der Waals surface area (Å²) in [6.07, 6.45) is 15.4. The van der Waals surface area contributed by atoms with E-state index >= 15 is 0 Å². The molecule has 42 heavy (non-hydrogen) atoms. The molecule has 1 aliphatic heterocycles. The molecule has 5 fully saturated rings. The van der Waals surface area contributed by atoms with Crippen molar-refractivity contribution in [2.45, 2.75) is 133 Å². The van der Waals surface area contributed by atoms with Crippen LogP contribution in [0.4, 0.5) is 4.39 Å². The first kappa shape index (κ1) is 31.5. The zero-order valence-corrected chi connectivity index (χ0v) is 25.9. The van der Waals surface area contributed by atoms with Gasteiger partial charge in [0.2, 0.25) is 5.91 Å². The Morgan fingerprint density at radius 2 is 1.69 bits per heavy atom. The molecule has 5 aliphatic rings. The van der Waals surface area contributed by atoms with Crippen LogP contribution in [0.25, 0.3) is 0 Å². The summed E-state index contributed by atoms with van der Waals surface area (Å²) in [6, 6.07) is 3.84. The lowest BCUT2D eigenvalue weighted by Crippen LogP contribution is -2.72. The molecule has 1 aromatic rings. The highest BCUT2D eigenvalue weighted by Crippen LogP contribution is 2.50. The van der Waals surface area contributed by atoms with Gasteiger partial charge in [0.15, 0.2) is 6.61 Å².